The van der Waals surface area contributed by atoms with Crippen LogP contribution in [0.2, 0.25) is 0 Å². The normalized spacial score (nSPS) is 14.3. The molecule has 1 aromatic carbocycles. The van der Waals surface area contributed by atoms with E-state index in [1.807, 2.05) is 12.1 Å². The van der Waals surface area contributed by atoms with Gasteiger partial charge in [0.05, 0.1) is 7.11 Å². The average molecular weight is 204 g/mol. The Kier molecular flexibility index (Phi) is 2.43. The first-order chi connectivity index (χ1) is 7.17. The highest BCUT2D eigenvalue weighted by Crippen LogP contribution is 2.40. The van der Waals surface area contributed by atoms with Crippen LogP contribution in [0.15, 0.2) is 17.7 Å². The number of aromatic hydroxyl groups is 1. The Hall–Kier alpha value is -1.44. The molecule has 0 aromatic heterocycles. The number of methoxy groups -OCH3 is 1. The maximum atomic E-state index is 9.73. The van der Waals surface area contributed by atoms with Crippen LogP contribution in [0.3, 0.4) is 0 Å². The van der Waals surface area contributed by atoms with Gasteiger partial charge in [-0.1, -0.05) is 12.5 Å². The van der Waals surface area contributed by atoms with Crippen molar-refractivity contribution < 1.29 is 9.84 Å². The smallest absolute Gasteiger partial charge is 0.160 e. The largest absolute Gasteiger partial charge is 0.504 e. The van der Waals surface area contributed by atoms with Crippen LogP contribution >= 0.6 is 0 Å². The lowest BCUT2D eigenvalue weighted by Gasteiger charge is -2.08. The van der Waals surface area contributed by atoms with Gasteiger partial charge in [0.25, 0.3) is 0 Å². The molecule has 1 aromatic rings. The van der Waals surface area contributed by atoms with Gasteiger partial charge < -0.3 is 9.84 Å². The van der Waals surface area contributed by atoms with E-state index in [1.54, 1.807) is 7.11 Å². The fourth-order valence-electron chi connectivity index (χ4n) is 2.32. The van der Waals surface area contributed by atoms with Gasteiger partial charge in [-0.15, -0.1) is 0 Å². The lowest BCUT2D eigenvalue weighted by atomic mass is 10.0. The topological polar surface area (TPSA) is 29.5 Å². The summed E-state index contributed by atoms with van der Waals surface area (Å²) in [7, 11) is 1.58. The maximum absolute atomic E-state index is 9.73. The van der Waals surface area contributed by atoms with Crippen LogP contribution < -0.4 is 4.74 Å². The molecule has 0 heterocycles. The number of fused-ring (bicyclic) bond motifs is 1. The highest BCUT2D eigenvalue weighted by Gasteiger charge is 2.19. The average Bonchev–Trinajstić information content (AvgIpc) is 2.51. The molecule has 1 aliphatic carbocycles. The number of phenolic OH excluding ortho intramolecular Hbond substituents is 1. The molecule has 2 nitrogen and oxygen atoms in total. The monoisotopic (exact) mass is 204 g/mol. The lowest BCUT2D eigenvalue weighted by molar-refractivity contribution is 0.373. The zero-order valence-corrected chi connectivity index (χ0v) is 9.42. The Morgan fingerprint density at radius 3 is 2.73 bits per heavy atom. The molecule has 2 heteroatoms. The number of hydrogen-bond acceptors (Lipinski definition) is 2. The van der Waals surface area contributed by atoms with Gasteiger partial charge in [-0.3, -0.25) is 0 Å². The summed E-state index contributed by atoms with van der Waals surface area (Å²) in [6.45, 7) is 4.30. The van der Waals surface area contributed by atoms with Crippen LogP contribution in [0.5, 0.6) is 11.5 Å². The number of benzene rings is 1. The molecule has 0 saturated heterocycles. The van der Waals surface area contributed by atoms with E-state index in [9.17, 15) is 5.11 Å². The first kappa shape index (κ1) is 10.1. The summed E-state index contributed by atoms with van der Waals surface area (Å²) >= 11 is 0. The fraction of sp³-hybridized carbons (Fsp3) is 0.385. The molecule has 1 N–H and O–H groups in total. The van der Waals surface area contributed by atoms with Crippen molar-refractivity contribution in [1.29, 1.82) is 0 Å². The molecule has 2 rings (SSSR count). The summed E-state index contributed by atoms with van der Waals surface area (Å²) in [6.07, 6.45) is 2.00. The van der Waals surface area contributed by atoms with Crippen LogP contribution in [-0.2, 0) is 6.42 Å². The van der Waals surface area contributed by atoms with Crippen LogP contribution in [-0.4, -0.2) is 12.2 Å². The number of hydrogen-bond donors (Lipinski definition) is 1. The molecule has 0 spiro atoms. The van der Waals surface area contributed by atoms with Gasteiger partial charge in [-0.05, 0) is 48.6 Å². The molecule has 15 heavy (non-hydrogen) atoms. The Morgan fingerprint density at radius 2 is 2.13 bits per heavy atom. The van der Waals surface area contributed by atoms with E-state index < -0.39 is 0 Å². The van der Waals surface area contributed by atoms with Crippen LogP contribution in [0.25, 0.3) is 5.57 Å². The minimum atomic E-state index is 0.233. The quantitative estimate of drug-likeness (QED) is 0.802. The zero-order chi connectivity index (χ0) is 11.0. The van der Waals surface area contributed by atoms with Gasteiger partial charge in [0.2, 0.25) is 0 Å². The van der Waals surface area contributed by atoms with E-state index in [-0.39, 0.29) is 5.75 Å². The Balaban J connectivity index is 2.53. The van der Waals surface area contributed by atoms with Gasteiger partial charge in [0.1, 0.15) is 0 Å². The van der Waals surface area contributed by atoms with E-state index in [0.29, 0.717) is 5.75 Å². The van der Waals surface area contributed by atoms with Gasteiger partial charge in [-0.2, -0.15) is 0 Å². The Morgan fingerprint density at radius 1 is 1.40 bits per heavy atom. The molecule has 1 aliphatic rings. The van der Waals surface area contributed by atoms with Crippen molar-refractivity contribution in [3.05, 3.63) is 28.8 Å². The summed E-state index contributed by atoms with van der Waals surface area (Å²) in [6, 6.07) is 3.76. The van der Waals surface area contributed by atoms with Crippen LogP contribution in [0.4, 0.5) is 0 Å². The molecule has 0 radical (unpaired) electrons. The van der Waals surface area contributed by atoms with E-state index in [1.165, 1.54) is 22.3 Å². The second-order valence-electron chi connectivity index (χ2n) is 3.97. The molecule has 80 valence electrons. The van der Waals surface area contributed by atoms with E-state index in [4.69, 9.17) is 4.74 Å². The third-order valence-electron chi connectivity index (χ3n) is 3.05. The summed E-state index contributed by atoms with van der Waals surface area (Å²) < 4.78 is 5.11. The van der Waals surface area contributed by atoms with Crippen LogP contribution in [0.1, 0.15) is 31.4 Å². The molecular formula is C13H16O2. The molecule has 0 saturated carbocycles. The molecular weight excluding hydrogens is 188 g/mol. The van der Waals surface area contributed by atoms with E-state index in [0.717, 1.165) is 12.8 Å². The summed E-state index contributed by atoms with van der Waals surface area (Å²) in [5.74, 6) is 0.802. The van der Waals surface area contributed by atoms with Crippen molar-refractivity contribution in [1.82, 2.24) is 0 Å². The third kappa shape index (κ3) is 1.50. The highest BCUT2D eigenvalue weighted by atomic mass is 16.5. The number of rotatable bonds is 2. The van der Waals surface area contributed by atoms with Crippen molar-refractivity contribution >= 4 is 5.57 Å². The minimum absolute atomic E-state index is 0.233. The van der Waals surface area contributed by atoms with E-state index in [2.05, 4.69) is 13.8 Å². The zero-order valence-electron chi connectivity index (χ0n) is 9.42. The van der Waals surface area contributed by atoms with Crippen molar-refractivity contribution in [3.8, 4) is 11.5 Å². The first-order valence-electron chi connectivity index (χ1n) is 5.26. The third-order valence-corrected chi connectivity index (χ3v) is 3.05. The van der Waals surface area contributed by atoms with Crippen LogP contribution in [0, 0.1) is 0 Å². The van der Waals surface area contributed by atoms with Crippen molar-refractivity contribution in [3.63, 3.8) is 0 Å². The summed E-state index contributed by atoms with van der Waals surface area (Å²) in [5.41, 5.74) is 5.22. The summed E-state index contributed by atoms with van der Waals surface area (Å²) in [4.78, 5) is 0. The highest BCUT2D eigenvalue weighted by molar-refractivity contribution is 5.77. The first-order valence-corrected chi connectivity index (χ1v) is 5.26. The van der Waals surface area contributed by atoms with Gasteiger partial charge in [0, 0.05) is 0 Å². The molecule has 0 aliphatic heterocycles. The second-order valence-corrected chi connectivity index (χ2v) is 3.97. The minimum Gasteiger partial charge on any atom is -0.504 e. The lowest BCUT2D eigenvalue weighted by Crippen LogP contribution is -1.89. The number of phenols is 1. The predicted octanol–water partition coefficient (Wildman–Crippen LogP) is 3.14. The summed E-state index contributed by atoms with van der Waals surface area (Å²) in [5, 5.41) is 9.73. The molecule has 0 unspecified atom stereocenters. The van der Waals surface area contributed by atoms with Gasteiger partial charge in [-0.25, -0.2) is 0 Å². The fourth-order valence-corrected chi connectivity index (χ4v) is 2.32. The SMILES string of the molecule is CCC1=C(C)Cc2cc(OC)c(O)cc21. The van der Waals surface area contributed by atoms with E-state index >= 15 is 0 Å². The van der Waals surface area contributed by atoms with Crippen molar-refractivity contribution in [2.45, 2.75) is 26.7 Å². The van der Waals surface area contributed by atoms with Crippen molar-refractivity contribution in [2.24, 2.45) is 0 Å². The molecule has 0 amide bonds. The standard InChI is InChI=1S/C13H16O2/c1-4-10-8(2)5-9-6-13(15-3)12(14)7-11(9)10/h6-7,14H,4-5H2,1-3H3. The number of ether oxygens (including phenoxy) is 1. The Labute approximate surface area is 90.2 Å². The molecule has 0 atom stereocenters. The molecule has 0 bridgehead atoms. The predicted molar refractivity (Wildman–Crippen MR) is 61.2 cm³/mol. The Bertz CT molecular complexity index is 430. The second kappa shape index (κ2) is 3.61. The van der Waals surface area contributed by atoms with Crippen molar-refractivity contribution in [2.75, 3.05) is 7.11 Å². The molecule has 0 fully saturated rings. The number of allylic oxidation sites excluding steroid dienone is 2. The van der Waals surface area contributed by atoms with Gasteiger partial charge >= 0.3 is 0 Å². The van der Waals surface area contributed by atoms with Gasteiger partial charge in [0.15, 0.2) is 11.5 Å². The maximum Gasteiger partial charge on any atom is 0.160 e.